The molecule has 0 fully saturated rings. The molecule has 0 atom stereocenters. The molecule has 0 aliphatic heterocycles. The second kappa shape index (κ2) is 3.63. The zero-order valence-electron chi connectivity index (χ0n) is 9.47. The second-order valence-electron chi connectivity index (χ2n) is 4.02. The third-order valence-electron chi connectivity index (χ3n) is 2.84. The maximum absolute atomic E-state index is 5.55. The summed E-state index contributed by atoms with van der Waals surface area (Å²) in [5.41, 5.74) is 7.39. The highest BCUT2D eigenvalue weighted by Crippen LogP contribution is 2.27. The molecule has 2 N–H and O–H groups in total. The molecule has 0 amide bonds. The van der Waals surface area contributed by atoms with Crippen LogP contribution in [-0.2, 0) is 0 Å². The van der Waals surface area contributed by atoms with Crippen molar-refractivity contribution in [1.82, 2.24) is 4.98 Å². The Bertz CT molecular complexity index is 686. The van der Waals surface area contributed by atoms with E-state index in [4.69, 9.17) is 10.2 Å². The van der Waals surface area contributed by atoms with Gasteiger partial charge in [0.25, 0.3) is 6.01 Å². The van der Waals surface area contributed by atoms with Gasteiger partial charge < -0.3 is 10.2 Å². The minimum atomic E-state index is 0.214. The number of anilines is 1. The molecule has 3 rings (SSSR count). The van der Waals surface area contributed by atoms with Crippen LogP contribution >= 0.6 is 0 Å². The van der Waals surface area contributed by atoms with E-state index in [1.54, 1.807) is 0 Å². The van der Waals surface area contributed by atoms with E-state index in [-0.39, 0.29) is 6.01 Å². The van der Waals surface area contributed by atoms with Crippen molar-refractivity contribution in [3.05, 3.63) is 48.2 Å². The Balaban J connectivity index is 2.21. The summed E-state index contributed by atoms with van der Waals surface area (Å²) < 4.78 is 5.25. The van der Waals surface area contributed by atoms with Crippen LogP contribution in [0, 0.1) is 6.92 Å². The zero-order valence-corrected chi connectivity index (χ0v) is 9.47. The van der Waals surface area contributed by atoms with Crippen LogP contribution in [0.15, 0.2) is 46.9 Å². The number of nitrogen functional groups attached to an aromatic ring is 1. The average molecular weight is 224 g/mol. The van der Waals surface area contributed by atoms with Crippen molar-refractivity contribution in [2.45, 2.75) is 6.92 Å². The van der Waals surface area contributed by atoms with E-state index < -0.39 is 0 Å². The van der Waals surface area contributed by atoms with Crippen LogP contribution in [0.1, 0.15) is 5.76 Å². The van der Waals surface area contributed by atoms with E-state index in [9.17, 15) is 0 Å². The molecule has 1 heterocycles. The Hall–Kier alpha value is -2.29. The third-order valence-corrected chi connectivity index (χ3v) is 2.84. The van der Waals surface area contributed by atoms with Gasteiger partial charge in [-0.3, -0.25) is 0 Å². The quantitative estimate of drug-likeness (QED) is 0.689. The molecule has 0 saturated carbocycles. The number of rotatable bonds is 1. The molecule has 0 spiro atoms. The van der Waals surface area contributed by atoms with E-state index >= 15 is 0 Å². The molecule has 0 aliphatic rings. The standard InChI is InChI=1S/C14H12N2O/c1-9-13(16-14(15)17-9)12-7-6-10-4-2-3-5-11(10)8-12/h2-8H,1H3,(H2,15,16). The first kappa shape index (κ1) is 9.90. The summed E-state index contributed by atoms with van der Waals surface area (Å²) in [7, 11) is 0. The summed E-state index contributed by atoms with van der Waals surface area (Å²) in [6.45, 7) is 1.87. The van der Waals surface area contributed by atoms with Crippen LogP contribution in [0.25, 0.3) is 22.0 Å². The fourth-order valence-electron chi connectivity index (χ4n) is 2.02. The Labute approximate surface area is 98.9 Å². The predicted molar refractivity (Wildman–Crippen MR) is 68.6 cm³/mol. The van der Waals surface area contributed by atoms with Gasteiger partial charge in [0.05, 0.1) is 0 Å². The van der Waals surface area contributed by atoms with Gasteiger partial charge in [-0.15, -0.1) is 0 Å². The molecule has 17 heavy (non-hydrogen) atoms. The number of hydrogen-bond donors (Lipinski definition) is 1. The molecule has 0 aliphatic carbocycles. The molecule has 2 aromatic carbocycles. The van der Waals surface area contributed by atoms with Crippen LogP contribution in [0.4, 0.5) is 6.01 Å². The number of nitrogens with zero attached hydrogens (tertiary/aromatic N) is 1. The largest absolute Gasteiger partial charge is 0.429 e. The summed E-state index contributed by atoms with van der Waals surface area (Å²) in [5.74, 6) is 0.748. The number of aryl methyl sites for hydroxylation is 1. The number of benzene rings is 2. The van der Waals surface area contributed by atoms with Gasteiger partial charge in [0.15, 0.2) is 0 Å². The van der Waals surface area contributed by atoms with Crippen molar-refractivity contribution >= 4 is 16.8 Å². The molecule has 3 nitrogen and oxygen atoms in total. The smallest absolute Gasteiger partial charge is 0.292 e. The molecule has 0 bridgehead atoms. The molecule has 1 aromatic heterocycles. The molecule has 84 valence electrons. The first-order chi connectivity index (χ1) is 8.24. The lowest BCUT2D eigenvalue weighted by Gasteiger charge is -2.01. The summed E-state index contributed by atoms with van der Waals surface area (Å²) >= 11 is 0. The van der Waals surface area contributed by atoms with Crippen molar-refractivity contribution in [2.75, 3.05) is 5.73 Å². The molecule has 0 radical (unpaired) electrons. The van der Waals surface area contributed by atoms with Crippen molar-refractivity contribution in [1.29, 1.82) is 0 Å². The minimum Gasteiger partial charge on any atom is -0.429 e. The molecular formula is C14H12N2O. The predicted octanol–water partition coefficient (Wildman–Crippen LogP) is 3.39. The first-order valence-electron chi connectivity index (χ1n) is 5.46. The van der Waals surface area contributed by atoms with Crippen LogP contribution < -0.4 is 5.73 Å². The lowest BCUT2D eigenvalue weighted by molar-refractivity contribution is 0.549. The summed E-state index contributed by atoms with van der Waals surface area (Å²) in [6.07, 6.45) is 0. The normalized spacial score (nSPS) is 10.9. The highest BCUT2D eigenvalue weighted by molar-refractivity contribution is 5.87. The maximum atomic E-state index is 5.55. The molecule has 0 unspecified atom stereocenters. The van der Waals surface area contributed by atoms with E-state index in [0.29, 0.717) is 0 Å². The van der Waals surface area contributed by atoms with Gasteiger partial charge >= 0.3 is 0 Å². The summed E-state index contributed by atoms with van der Waals surface area (Å²) in [4.78, 5) is 4.20. The Kier molecular flexibility index (Phi) is 2.11. The van der Waals surface area contributed by atoms with E-state index in [0.717, 1.165) is 17.0 Å². The number of oxazole rings is 1. The van der Waals surface area contributed by atoms with Gasteiger partial charge in [0.2, 0.25) is 0 Å². The van der Waals surface area contributed by atoms with Crippen LogP contribution in [0.5, 0.6) is 0 Å². The summed E-state index contributed by atoms with van der Waals surface area (Å²) in [5, 5.41) is 2.40. The van der Waals surface area contributed by atoms with Gasteiger partial charge in [-0.2, -0.15) is 4.98 Å². The Morgan fingerprint density at radius 1 is 1.06 bits per heavy atom. The van der Waals surface area contributed by atoms with Crippen LogP contribution in [-0.4, -0.2) is 4.98 Å². The maximum Gasteiger partial charge on any atom is 0.292 e. The highest BCUT2D eigenvalue weighted by Gasteiger charge is 2.09. The van der Waals surface area contributed by atoms with Crippen molar-refractivity contribution in [3.63, 3.8) is 0 Å². The van der Waals surface area contributed by atoms with Gasteiger partial charge in [0.1, 0.15) is 11.5 Å². The number of hydrogen-bond acceptors (Lipinski definition) is 3. The fourth-order valence-corrected chi connectivity index (χ4v) is 2.02. The lowest BCUT2D eigenvalue weighted by Crippen LogP contribution is -1.84. The Morgan fingerprint density at radius 2 is 1.82 bits per heavy atom. The molecule has 0 saturated heterocycles. The monoisotopic (exact) mass is 224 g/mol. The van der Waals surface area contributed by atoms with Crippen LogP contribution in [0.2, 0.25) is 0 Å². The third kappa shape index (κ3) is 1.65. The molecule has 3 aromatic rings. The molecule has 3 heteroatoms. The SMILES string of the molecule is Cc1oc(N)nc1-c1ccc2ccccc2c1. The van der Waals surface area contributed by atoms with E-state index in [1.807, 2.05) is 25.1 Å². The zero-order chi connectivity index (χ0) is 11.8. The minimum absolute atomic E-state index is 0.214. The Morgan fingerprint density at radius 3 is 2.53 bits per heavy atom. The lowest BCUT2D eigenvalue weighted by atomic mass is 10.0. The van der Waals surface area contributed by atoms with E-state index in [2.05, 4.69) is 29.2 Å². The highest BCUT2D eigenvalue weighted by atomic mass is 16.4. The van der Waals surface area contributed by atoms with Gasteiger partial charge in [-0.25, -0.2) is 0 Å². The second-order valence-corrected chi connectivity index (χ2v) is 4.02. The average Bonchev–Trinajstić information content (AvgIpc) is 2.68. The van der Waals surface area contributed by atoms with Crippen molar-refractivity contribution < 1.29 is 4.42 Å². The van der Waals surface area contributed by atoms with Crippen molar-refractivity contribution in [2.24, 2.45) is 0 Å². The van der Waals surface area contributed by atoms with Crippen LogP contribution in [0.3, 0.4) is 0 Å². The van der Waals surface area contributed by atoms with E-state index in [1.165, 1.54) is 10.8 Å². The van der Waals surface area contributed by atoms with Gasteiger partial charge in [0, 0.05) is 5.56 Å². The number of aromatic nitrogens is 1. The number of fused-ring (bicyclic) bond motifs is 1. The first-order valence-corrected chi connectivity index (χ1v) is 5.46. The molecular weight excluding hydrogens is 212 g/mol. The number of nitrogens with two attached hydrogens (primary N) is 1. The fraction of sp³-hybridized carbons (Fsp3) is 0.0714. The van der Waals surface area contributed by atoms with Gasteiger partial charge in [-0.1, -0.05) is 36.4 Å². The van der Waals surface area contributed by atoms with Gasteiger partial charge in [-0.05, 0) is 23.8 Å². The summed E-state index contributed by atoms with van der Waals surface area (Å²) in [6, 6.07) is 14.6. The topological polar surface area (TPSA) is 52.0 Å². The van der Waals surface area contributed by atoms with Crippen molar-refractivity contribution in [3.8, 4) is 11.3 Å².